The highest BCUT2D eigenvalue weighted by atomic mass is 32.2. The summed E-state index contributed by atoms with van der Waals surface area (Å²) in [5.74, 6) is 2.19. The fourth-order valence-electron chi connectivity index (χ4n) is 2.71. The summed E-state index contributed by atoms with van der Waals surface area (Å²) in [6, 6.07) is 15.8. The van der Waals surface area contributed by atoms with Gasteiger partial charge in [-0.1, -0.05) is 43.7 Å². The van der Waals surface area contributed by atoms with Crippen LogP contribution in [0.25, 0.3) is 0 Å². The zero-order valence-corrected chi connectivity index (χ0v) is 18.2. The van der Waals surface area contributed by atoms with E-state index in [1.807, 2.05) is 55.5 Å². The van der Waals surface area contributed by atoms with E-state index in [-0.39, 0.29) is 17.6 Å². The predicted molar refractivity (Wildman–Crippen MR) is 124 cm³/mol. The van der Waals surface area contributed by atoms with Crippen molar-refractivity contribution in [2.45, 2.75) is 32.4 Å². The number of benzene rings is 2. The number of amides is 1. The highest BCUT2D eigenvalue weighted by Crippen LogP contribution is 2.19. The van der Waals surface area contributed by atoms with Crippen LogP contribution >= 0.6 is 11.8 Å². The van der Waals surface area contributed by atoms with Crippen LogP contribution in [0.2, 0.25) is 0 Å². The average molecular weight is 423 g/mol. The van der Waals surface area contributed by atoms with Gasteiger partial charge in [-0.3, -0.25) is 4.79 Å². The summed E-state index contributed by atoms with van der Waals surface area (Å²) < 4.78 is 0. The van der Waals surface area contributed by atoms with Crippen LogP contribution < -0.4 is 16.4 Å². The molecule has 0 spiro atoms. The number of anilines is 4. The van der Waals surface area contributed by atoms with Crippen molar-refractivity contribution in [3.63, 3.8) is 0 Å². The Hall–Kier alpha value is -3.13. The molecular formula is C22H26N6OS. The van der Waals surface area contributed by atoms with Crippen LogP contribution in [-0.2, 0) is 10.5 Å². The Bertz CT molecular complexity index is 990. The SMILES string of the molecule is Cc1ccc(Nc2nc(N)nc(CSCC(=O)Nc3ccc(C(C)C)cc3)n2)cc1. The van der Waals surface area contributed by atoms with E-state index in [1.54, 1.807) is 0 Å². The number of carbonyl (C=O) groups excluding carboxylic acids is 1. The van der Waals surface area contributed by atoms with E-state index in [0.717, 1.165) is 11.4 Å². The van der Waals surface area contributed by atoms with Crippen molar-refractivity contribution >= 4 is 40.9 Å². The number of thioether (sulfide) groups is 1. The quantitative estimate of drug-likeness (QED) is 0.491. The van der Waals surface area contributed by atoms with Crippen molar-refractivity contribution in [2.75, 3.05) is 22.1 Å². The minimum absolute atomic E-state index is 0.0719. The second-order valence-corrected chi connectivity index (χ2v) is 8.23. The first-order valence-electron chi connectivity index (χ1n) is 9.71. The summed E-state index contributed by atoms with van der Waals surface area (Å²) in [5.41, 5.74) is 9.88. The largest absolute Gasteiger partial charge is 0.368 e. The van der Waals surface area contributed by atoms with Gasteiger partial charge in [-0.05, 0) is 42.7 Å². The normalized spacial score (nSPS) is 10.8. The maximum Gasteiger partial charge on any atom is 0.234 e. The number of aryl methyl sites for hydroxylation is 1. The smallest absolute Gasteiger partial charge is 0.234 e. The van der Waals surface area contributed by atoms with E-state index in [1.165, 1.54) is 22.9 Å². The summed E-state index contributed by atoms with van der Waals surface area (Å²) in [6.07, 6.45) is 0. The molecule has 0 unspecified atom stereocenters. The molecular weight excluding hydrogens is 396 g/mol. The van der Waals surface area contributed by atoms with Crippen molar-refractivity contribution in [1.82, 2.24) is 15.0 Å². The molecule has 0 fully saturated rings. The standard InChI is InChI=1S/C22H26N6OS/c1-14(2)16-6-10-17(11-7-16)24-20(29)13-30-12-19-26-21(23)28-22(27-19)25-18-8-4-15(3)5-9-18/h4-11,14H,12-13H2,1-3H3,(H,24,29)(H3,23,25,26,27,28). The van der Waals surface area contributed by atoms with Crippen molar-refractivity contribution in [1.29, 1.82) is 0 Å². The average Bonchev–Trinajstić information content (AvgIpc) is 2.70. The number of aromatic nitrogens is 3. The fourth-order valence-corrected chi connectivity index (χ4v) is 3.38. The van der Waals surface area contributed by atoms with Gasteiger partial charge in [0.15, 0.2) is 0 Å². The molecule has 30 heavy (non-hydrogen) atoms. The van der Waals surface area contributed by atoms with Crippen LogP contribution in [0.5, 0.6) is 0 Å². The monoisotopic (exact) mass is 422 g/mol. The molecule has 0 aliphatic heterocycles. The minimum Gasteiger partial charge on any atom is -0.368 e. The first-order chi connectivity index (χ1) is 14.4. The second-order valence-electron chi connectivity index (χ2n) is 7.24. The molecule has 0 radical (unpaired) electrons. The lowest BCUT2D eigenvalue weighted by Gasteiger charge is -2.09. The zero-order chi connectivity index (χ0) is 21.5. The third kappa shape index (κ3) is 6.45. The molecule has 7 nitrogen and oxygen atoms in total. The topological polar surface area (TPSA) is 106 Å². The van der Waals surface area contributed by atoms with E-state index in [2.05, 4.69) is 39.4 Å². The number of rotatable bonds is 8. The lowest BCUT2D eigenvalue weighted by Crippen LogP contribution is -2.14. The molecule has 0 saturated heterocycles. The first-order valence-corrected chi connectivity index (χ1v) is 10.9. The molecule has 3 rings (SSSR count). The van der Waals surface area contributed by atoms with Crippen LogP contribution in [0, 0.1) is 6.92 Å². The number of carbonyl (C=O) groups is 1. The van der Waals surface area contributed by atoms with Crippen LogP contribution in [-0.4, -0.2) is 26.6 Å². The number of hydrogen-bond donors (Lipinski definition) is 3. The lowest BCUT2D eigenvalue weighted by atomic mass is 10.0. The minimum atomic E-state index is -0.0719. The van der Waals surface area contributed by atoms with Gasteiger partial charge < -0.3 is 16.4 Å². The summed E-state index contributed by atoms with van der Waals surface area (Å²) in [5, 5.41) is 6.03. The number of hydrogen-bond acceptors (Lipinski definition) is 7. The van der Waals surface area contributed by atoms with Gasteiger partial charge in [0.05, 0.1) is 11.5 Å². The number of nitrogen functional groups attached to an aromatic ring is 1. The maximum atomic E-state index is 12.2. The highest BCUT2D eigenvalue weighted by molar-refractivity contribution is 7.99. The lowest BCUT2D eigenvalue weighted by molar-refractivity contribution is -0.113. The van der Waals surface area contributed by atoms with E-state index in [9.17, 15) is 4.79 Å². The van der Waals surface area contributed by atoms with Gasteiger partial charge in [0.1, 0.15) is 5.82 Å². The van der Waals surface area contributed by atoms with E-state index in [4.69, 9.17) is 5.73 Å². The zero-order valence-electron chi connectivity index (χ0n) is 17.3. The molecule has 1 amide bonds. The Morgan fingerprint density at radius 3 is 2.33 bits per heavy atom. The molecule has 0 aliphatic rings. The summed E-state index contributed by atoms with van der Waals surface area (Å²) in [6.45, 7) is 6.30. The van der Waals surface area contributed by atoms with Crippen molar-refractivity contribution in [3.05, 3.63) is 65.5 Å². The molecule has 156 valence electrons. The van der Waals surface area contributed by atoms with Gasteiger partial charge in [0.25, 0.3) is 0 Å². The number of nitrogens with one attached hydrogen (secondary N) is 2. The van der Waals surface area contributed by atoms with Gasteiger partial charge in [-0.25, -0.2) is 0 Å². The Kier molecular flexibility index (Phi) is 7.24. The van der Waals surface area contributed by atoms with Crippen LogP contribution in [0.3, 0.4) is 0 Å². The molecule has 4 N–H and O–H groups in total. The molecule has 1 aromatic heterocycles. The van der Waals surface area contributed by atoms with Crippen molar-refractivity contribution in [3.8, 4) is 0 Å². The Morgan fingerprint density at radius 1 is 1.00 bits per heavy atom. The summed E-state index contributed by atoms with van der Waals surface area (Å²) in [4.78, 5) is 24.9. The number of nitrogens with zero attached hydrogens (tertiary/aromatic N) is 3. The molecule has 0 aliphatic carbocycles. The Balaban J connectivity index is 1.52. The third-order valence-corrected chi connectivity index (χ3v) is 5.26. The van der Waals surface area contributed by atoms with Crippen molar-refractivity contribution < 1.29 is 4.79 Å². The molecule has 0 bridgehead atoms. The van der Waals surface area contributed by atoms with Crippen LogP contribution in [0.4, 0.5) is 23.3 Å². The van der Waals surface area contributed by atoms with Gasteiger partial charge in [0.2, 0.25) is 17.8 Å². The van der Waals surface area contributed by atoms with Gasteiger partial charge in [-0.2, -0.15) is 15.0 Å². The Morgan fingerprint density at radius 2 is 1.67 bits per heavy atom. The van der Waals surface area contributed by atoms with E-state index >= 15 is 0 Å². The molecule has 8 heteroatoms. The van der Waals surface area contributed by atoms with Gasteiger partial charge >= 0.3 is 0 Å². The Labute approximate surface area is 180 Å². The summed E-state index contributed by atoms with van der Waals surface area (Å²) in [7, 11) is 0. The van der Waals surface area contributed by atoms with Gasteiger partial charge in [0, 0.05) is 11.4 Å². The van der Waals surface area contributed by atoms with Crippen molar-refractivity contribution in [2.24, 2.45) is 0 Å². The van der Waals surface area contributed by atoms with Crippen LogP contribution in [0.15, 0.2) is 48.5 Å². The molecule has 1 heterocycles. The first kappa shape index (κ1) is 21.6. The molecule has 0 saturated carbocycles. The maximum absolute atomic E-state index is 12.2. The molecule has 3 aromatic rings. The predicted octanol–water partition coefficient (Wildman–Crippen LogP) is 4.50. The van der Waals surface area contributed by atoms with E-state index < -0.39 is 0 Å². The van der Waals surface area contributed by atoms with E-state index in [0.29, 0.717) is 23.4 Å². The summed E-state index contributed by atoms with van der Waals surface area (Å²) >= 11 is 1.42. The highest BCUT2D eigenvalue weighted by Gasteiger charge is 2.08. The second kappa shape index (κ2) is 10.1. The molecule has 0 atom stereocenters. The third-order valence-electron chi connectivity index (χ3n) is 4.33. The fraction of sp³-hybridized carbons (Fsp3) is 0.273. The van der Waals surface area contributed by atoms with Crippen LogP contribution in [0.1, 0.15) is 36.7 Å². The van der Waals surface area contributed by atoms with Gasteiger partial charge in [-0.15, -0.1) is 11.8 Å². The number of nitrogens with two attached hydrogens (primary N) is 1. The molecule has 2 aromatic carbocycles.